The van der Waals surface area contributed by atoms with E-state index >= 15 is 0 Å². The first-order valence-corrected chi connectivity index (χ1v) is 14.6. The maximum atomic E-state index is 12.9. The molecule has 238 valence electrons. The molecular formula is C33H28N6O8. The van der Waals surface area contributed by atoms with Crippen molar-refractivity contribution in [1.29, 1.82) is 0 Å². The van der Waals surface area contributed by atoms with Gasteiger partial charge in [0.2, 0.25) is 6.04 Å². The lowest BCUT2D eigenvalue weighted by molar-refractivity contribution is -0.536. The van der Waals surface area contributed by atoms with E-state index < -0.39 is 53.6 Å². The number of anilines is 1. The minimum Gasteiger partial charge on any atom is -0.461 e. The highest BCUT2D eigenvalue weighted by Gasteiger charge is 2.61. The molecule has 1 N–H and O–H groups in total. The molecule has 0 unspecified atom stereocenters. The van der Waals surface area contributed by atoms with E-state index in [9.17, 15) is 24.5 Å². The van der Waals surface area contributed by atoms with Gasteiger partial charge in [-0.3, -0.25) is 19.7 Å². The van der Waals surface area contributed by atoms with Gasteiger partial charge in [-0.05, 0) is 29.8 Å². The van der Waals surface area contributed by atoms with Crippen molar-refractivity contribution in [3.8, 4) is 0 Å². The first-order valence-electron chi connectivity index (χ1n) is 14.6. The lowest BCUT2D eigenvalue weighted by Crippen LogP contribution is -2.37. The number of fused-ring (bicyclic) bond motifs is 1. The summed E-state index contributed by atoms with van der Waals surface area (Å²) in [6.45, 7) is -0.221. The fourth-order valence-corrected chi connectivity index (χ4v) is 5.84. The Bertz CT molecular complexity index is 1870. The molecular weight excluding hydrogens is 608 g/mol. The van der Waals surface area contributed by atoms with Gasteiger partial charge in [0.25, 0.3) is 12.4 Å². The van der Waals surface area contributed by atoms with Crippen LogP contribution in [-0.4, -0.2) is 67.6 Å². The Kier molecular flexibility index (Phi) is 9.20. The molecule has 1 saturated carbocycles. The van der Waals surface area contributed by atoms with Gasteiger partial charge in [0, 0.05) is 10.5 Å². The molecule has 14 heteroatoms. The van der Waals surface area contributed by atoms with Crippen molar-refractivity contribution in [3.63, 3.8) is 0 Å². The first-order chi connectivity index (χ1) is 23.0. The molecule has 1 aliphatic carbocycles. The van der Waals surface area contributed by atoms with E-state index in [1.54, 1.807) is 60.7 Å². The second kappa shape index (κ2) is 14.0. The number of benzene rings is 3. The summed E-state index contributed by atoms with van der Waals surface area (Å²) in [6.07, 6.45) is 0.242. The van der Waals surface area contributed by atoms with E-state index in [2.05, 4.69) is 20.3 Å². The van der Waals surface area contributed by atoms with Gasteiger partial charge in [-0.2, -0.15) is 0 Å². The summed E-state index contributed by atoms with van der Waals surface area (Å²) in [7, 11) is 0. The maximum Gasteiger partial charge on any atom is 0.338 e. The summed E-state index contributed by atoms with van der Waals surface area (Å²) in [6, 6.07) is 23.2. The number of esters is 1. The van der Waals surface area contributed by atoms with Gasteiger partial charge in [-0.15, -0.1) is 0 Å². The van der Waals surface area contributed by atoms with Crippen LogP contribution in [0.5, 0.6) is 0 Å². The number of nitrogens with one attached hydrogen (secondary N) is 1. The summed E-state index contributed by atoms with van der Waals surface area (Å²) in [5.74, 6) is -2.16. The maximum absolute atomic E-state index is 12.9. The monoisotopic (exact) mass is 636 g/mol. The number of hydrogen-bond donors (Lipinski definition) is 1. The Labute approximate surface area is 267 Å². The van der Waals surface area contributed by atoms with Crippen molar-refractivity contribution in [3.05, 3.63) is 130 Å². The van der Waals surface area contributed by atoms with E-state index in [4.69, 9.17) is 14.2 Å². The Hall–Kier alpha value is -6.02. The lowest BCUT2D eigenvalue weighted by atomic mass is 10.0. The average Bonchev–Trinajstić information content (AvgIpc) is 3.67. The predicted octanol–water partition coefficient (Wildman–Crippen LogP) is 3.88. The van der Waals surface area contributed by atoms with Crippen molar-refractivity contribution in [2.45, 2.75) is 30.9 Å². The van der Waals surface area contributed by atoms with Crippen LogP contribution in [0, 0.1) is 16.0 Å². The van der Waals surface area contributed by atoms with E-state index in [0.717, 1.165) is 5.56 Å². The van der Waals surface area contributed by atoms with Crippen LogP contribution in [0.4, 0.5) is 5.82 Å². The quantitative estimate of drug-likeness (QED) is 0.0910. The van der Waals surface area contributed by atoms with Gasteiger partial charge in [0.15, 0.2) is 17.0 Å². The second-order valence-electron chi connectivity index (χ2n) is 10.7. The van der Waals surface area contributed by atoms with Gasteiger partial charge in [0.05, 0.1) is 18.5 Å². The molecule has 47 heavy (non-hydrogen) atoms. The van der Waals surface area contributed by atoms with Gasteiger partial charge >= 0.3 is 5.97 Å². The van der Waals surface area contributed by atoms with Crippen LogP contribution in [0.3, 0.4) is 0 Å². The van der Waals surface area contributed by atoms with Crippen molar-refractivity contribution < 1.29 is 33.5 Å². The van der Waals surface area contributed by atoms with Crippen molar-refractivity contribution in [2.75, 3.05) is 11.9 Å². The zero-order chi connectivity index (χ0) is 32.8. The van der Waals surface area contributed by atoms with Crippen molar-refractivity contribution in [2.24, 2.45) is 5.92 Å². The fourth-order valence-electron chi connectivity index (χ4n) is 5.84. The number of amides is 1. The molecule has 1 amide bonds. The molecule has 1 fully saturated rings. The molecule has 0 spiro atoms. The highest BCUT2D eigenvalue weighted by atomic mass is 16.6. The minimum absolute atomic E-state index is 0.0294. The van der Waals surface area contributed by atoms with Gasteiger partial charge in [-0.25, -0.2) is 19.7 Å². The fraction of sp³-hybridized carbons (Fsp3) is 0.212. The van der Waals surface area contributed by atoms with Crippen molar-refractivity contribution in [1.82, 2.24) is 19.5 Å². The molecule has 1 aliphatic rings. The average molecular weight is 637 g/mol. The molecule has 6 rings (SSSR count). The molecule has 14 nitrogen and oxygen atoms in total. The SMILES string of the molecule is O=CO[C@@H]1[C@@H](COC(=O)c2ccccc2)[C@H]([N+](=O)[O-])[C@@H](n2cnc3c(NC(=O)c4ccccc4)ncnc32)[C@H]1OCc1ccccc1. The van der Waals surface area contributed by atoms with E-state index in [1.165, 1.54) is 17.2 Å². The molecule has 5 atom stereocenters. The van der Waals surface area contributed by atoms with Crippen LogP contribution < -0.4 is 5.32 Å². The molecule has 2 heterocycles. The number of nitrogens with zero attached hydrogens (tertiary/aromatic N) is 5. The number of ether oxygens (including phenoxy) is 3. The zero-order valence-corrected chi connectivity index (χ0v) is 24.7. The molecule has 0 radical (unpaired) electrons. The second-order valence-corrected chi connectivity index (χ2v) is 10.7. The number of carbonyl (C=O) groups excluding carboxylic acids is 3. The Balaban J connectivity index is 1.38. The number of aromatic nitrogens is 4. The third kappa shape index (κ3) is 6.53. The third-order valence-electron chi connectivity index (χ3n) is 7.98. The van der Waals surface area contributed by atoms with E-state index in [1.807, 2.05) is 30.3 Å². The van der Waals surface area contributed by atoms with Crippen LogP contribution in [0.2, 0.25) is 0 Å². The number of rotatable bonds is 12. The zero-order valence-electron chi connectivity index (χ0n) is 24.7. The van der Waals surface area contributed by atoms with Gasteiger partial charge < -0.3 is 24.1 Å². The van der Waals surface area contributed by atoms with Crippen LogP contribution in [-0.2, 0) is 25.6 Å². The Morgan fingerprint density at radius 3 is 2.21 bits per heavy atom. The minimum atomic E-state index is -1.49. The number of imidazole rings is 1. The lowest BCUT2D eigenvalue weighted by Gasteiger charge is -2.25. The van der Waals surface area contributed by atoms with Crippen LogP contribution >= 0.6 is 0 Å². The molecule has 2 aromatic heterocycles. The number of hydrogen-bond acceptors (Lipinski definition) is 11. The summed E-state index contributed by atoms with van der Waals surface area (Å²) in [5.41, 5.74) is 1.76. The summed E-state index contributed by atoms with van der Waals surface area (Å²) in [5, 5.41) is 15.6. The topological polar surface area (TPSA) is 178 Å². The highest BCUT2D eigenvalue weighted by molar-refractivity contribution is 6.06. The van der Waals surface area contributed by atoms with Gasteiger partial charge in [-0.1, -0.05) is 66.7 Å². The number of carbonyl (C=O) groups is 3. The molecule has 5 aromatic rings. The smallest absolute Gasteiger partial charge is 0.338 e. The van der Waals surface area contributed by atoms with Crippen LogP contribution in [0.1, 0.15) is 32.3 Å². The van der Waals surface area contributed by atoms with E-state index in [0.29, 0.717) is 5.56 Å². The molecule has 0 bridgehead atoms. The van der Waals surface area contributed by atoms with Crippen LogP contribution in [0.15, 0.2) is 104 Å². The standard InChI is InChI=1S/C33H28N6O8/c40-20-47-28-24(17-46-33(42)23-14-8-3-9-15-23)26(39(43)44)27(29(28)45-16-21-10-4-1-5-11-21)38-19-36-25-30(34-18-35-31(25)38)37-32(41)22-12-6-2-7-13-22/h1-15,18-20,24,26-29H,16-17H2,(H,34,35,37,41)/t24-,26-,27+,28+,29+/m0/s1. The largest absolute Gasteiger partial charge is 0.461 e. The first kappa shape index (κ1) is 31.0. The normalized spacial score (nSPS) is 20.4. The Morgan fingerprint density at radius 1 is 0.894 bits per heavy atom. The third-order valence-corrected chi connectivity index (χ3v) is 7.98. The summed E-state index contributed by atoms with van der Waals surface area (Å²) < 4.78 is 18.8. The van der Waals surface area contributed by atoms with Crippen molar-refractivity contribution >= 4 is 35.3 Å². The number of nitro groups is 1. The van der Waals surface area contributed by atoms with Gasteiger partial charge in [0.1, 0.15) is 37.1 Å². The Morgan fingerprint density at radius 2 is 1.55 bits per heavy atom. The molecule has 0 aliphatic heterocycles. The van der Waals surface area contributed by atoms with Crippen LogP contribution in [0.25, 0.3) is 11.2 Å². The predicted molar refractivity (Wildman–Crippen MR) is 166 cm³/mol. The molecule has 3 aromatic carbocycles. The molecule has 0 saturated heterocycles. The summed E-state index contributed by atoms with van der Waals surface area (Å²) in [4.78, 5) is 62.8. The van der Waals surface area contributed by atoms with E-state index in [-0.39, 0.29) is 35.6 Å². The summed E-state index contributed by atoms with van der Waals surface area (Å²) >= 11 is 0. The highest BCUT2D eigenvalue weighted by Crippen LogP contribution is 2.43.